The van der Waals surface area contributed by atoms with Gasteiger partial charge in [-0.25, -0.2) is 14.6 Å². The number of ketones is 1. The number of Topliss-reactive ketones (excluding diaryl/α,β-unsaturated/α-hetero) is 1. The molecule has 1 saturated carbocycles. The number of nitrogens with zero attached hydrogens (tertiary/aromatic N) is 1. The second-order valence-corrected chi connectivity index (χ2v) is 10.1. The van der Waals surface area contributed by atoms with Gasteiger partial charge in [-0.15, -0.1) is 0 Å². The van der Waals surface area contributed by atoms with Crippen molar-refractivity contribution in [2.24, 2.45) is 5.73 Å². The quantitative estimate of drug-likeness (QED) is 0.186. The second kappa shape index (κ2) is 12.6. The van der Waals surface area contributed by atoms with Gasteiger partial charge in [-0.1, -0.05) is 60.7 Å². The first-order valence-corrected chi connectivity index (χ1v) is 13.4. The summed E-state index contributed by atoms with van der Waals surface area (Å²) in [6.07, 6.45) is 3.19. The molecular weight excluding hydrogens is 542 g/mol. The molecule has 0 bridgehead atoms. The molecule has 1 unspecified atom stereocenters. The lowest BCUT2D eigenvalue weighted by atomic mass is 10.0. The van der Waals surface area contributed by atoms with Gasteiger partial charge >= 0.3 is 11.9 Å². The number of hydrogen-bond donors (Lipinski definition) is 2. The molecule has 1 aromatic heterocycles. The Labute approximate surface area is 242 Å². The van der Waals surface area contributed by atoms with Gasteiger partial charge in [-0.3, -0.25) is 14.4 Å². The molecular formula is C31H31N3O8. The fraction of sp³-hybridized carbons (Fsp3) is 0.290. The van der Waals surface area contributed by atoms with Gasteiger partial charge in [0, 0.05) is 31.7 Å². The van der Waals surface area contributed by atoms with Crippen LogP contribution in [-0.4, -0.2) is 46.3 Å². The van der Waals surface area contributed by atoms with Gasteiger partial charge in [0.2, 0.25) is 11.5 Å². The van der Waals surface area contributed by atoms with Crippen LogP contribution in [0.25, 0.3) is 11.3 Å². The van der Waals surface area contributed by atoms with E-state index in [0.717, 1.165) is 24.0 Å². The molecule has 2 heterocycles. The number of nitrogens with two attached hydrogens (primary N) is 1. The number of benzene rings is 2. The van der Waals surface area contributed by atoms with E-state index in [1.807, 2.05) is 37.3 Å². The summed E-state index contributed by atoms with van der Waals surface area (Å²) in [6, 6.07) is 15.4. The lowest BCUT2D eigenvalue weighted by molar-refractivity contribution is -0.232. The van der Waals surface area contributed by atoms with Gasteiger partial charge < -0.3 is 24.9 Å². The van der Waals surface area contributed by atoms with Crippen LogP contribution in [0.5, 0.6) is 0 Å². The fourth-order valence-corrected chi connectivity index (χ4v) is 4.71. The topological polar surface area (TPSA) is 168 Å². The van der Waals surface area contributed by atoms with Crippen LogP contribution < -0.4 is 11.1 Å². The van der Waals surface area contributed by atoms with Crippen molar-refractivity contribution in [2.75, 3.05) is 0 Å². The maximum Gasteiger partial charge on any atom is 0.348 e. The number of nitrogens with one attached hydrogen (secondary N) is 1. The molecule has 1 aliphatic carbocycles. The Hall–Kier alpha value is -5.06. The van der Waals surface area contributed by atoms with E-state index in [1.54, 1.807) is 31.2 Å². The summed E-state index contributed by atoms with van der Waals surface area (Å²) in [7, 11) is 0. The Morgan fingerprint density at radius 2 is 1.64 bits per heavy atom. The zero-order valence-electron chi connectivity index (χ0n) is 23.3. The van der Waals surface area contributed by atoms with Crippen molar-refractivity contribution < 1.29 is 37.9 Å². The van der Waals surface area contributed by atoms with E-state index >= 15 is 0 Å². The SMILES string of the molecule is C=C1C(=O)OC2(CCCC2)OC1=O.Cc1cccc(-c2nc(C)oc2C(=O)NC(Cc2ccccc2)C(=O)C(N)=O)c1. The van der Waals surface area contributed by atoms with Crippen LogP contribution in [0.1, 0.15) is 53.3 Å². The summed E-state index contributed by atoms with van der Waals surface area (Å²) in [5.74, 6) is -4.59. The Bertz CT molecular complexity index is 1510. The number of hydrogen-bond acceptors (Lipinski definition) is 9. The molecule has 0 radical (unpaired) electrons. The summed E-state index contributed by atoms with van der Waals surface area (Å²) in [6.45, 7) is 6.84. The number of oxazole rings is 1. The molecule has 2 aromatic carbocycles. The monoisotopic (exact) mass is 573 g/mol. The number of carbonyl (C=O) groups is 5. The van der Waals surface area contributed by atoms with Gasteiger partial charge in [0.15, 0.2) is 5.89 Å². The summed E-state index contributed by atoms with van der Waals surface area (Å²) in [5, 5.41) is 2.58. The number of amides is 2. The van der Waals surface area contributed by atoms with Gasteiger partial charge in [0.25, 0.3) is 17.6 Å². The van der Waals surface area contributed by atoms with E-state index in [4.69, 9.17) is 19.6 Å². The van der Waals surface area contributed by atoms with Crippen LogP contribution in [0.2, 0.25) is 0 Å². The maximum absolute atomic E-state index is 12.9. The molecule has 2 aliphatic rings. The number of ether oxygens (including phenoxy) is 2. The fourth-order valence-electron chi connectivity index (χ4n) is 4.71. The van der Waals surface area contributed by atoms with Gasteiger partial charge in [-0.2, -0.15) is 0 Å². The summed E-state index contributed by atoms with van der Waals surface area (Å²) in [5.41, 5.74) is 7.82. The van der Waals surface area contributed by atoms with Crippen molar-refractivity contribution >= 4 is 29.5 Å². The summed E-state index contributed by atoms with van der Waals surface area (Å²) < 4.78 is 15.6. The highest BCUT2D eigenvalue weighted by Crippen LogP contribution is 2.38. The first kappa shape index (κ1) is 29.9. The van der Waals surface area contributed by atoms with Crippen molar-refractivity contribution in [1.29, 1.82) is 0 Å². The molecule has 218 valence electrons. The molecule has 5 rings (SSSR count). The molecule has 42 heavy (non-hydrogen) atoms. The van der Waals surface area contributed by atoms with E-state index in [1.165, 1.54) is 0 Å². The lowest BCUT2D eigenvalue weighted by Crippen LogP contribution is -2.47. The second-order valence-electron chi connectivity index (χ2n) is 10.1. The van der Waals surface area contributed by atoms with Crippen molar-refractivity contribution in [1.82, 2.24) is 10.3 Å². The summed E-state index contributed by atoms with van der Waals surface area (Å²) in [4.78, 5) is 63.3. The highest BCUT2D eigenvalue weighted by atomic mass is 16.7. The maximum atomic E-state index is 12.9. The normalized spacial score (nSPS) is 16.1. The molecule has 11 heteroatoms. The third-order valence-electron chi connectivity index (χ3n) is 6.79. The zero-order valence-corrected chi connectivity index (χ0v) is 23.3. The molecule has 2 amide bonds. The van der Waals surface area contributed by atoms with Crippen molar-refractivity contribution in [2.45, 2.75) is 57.8 Å². The van der Waals surface area contributed by atoms with Crippen molar-refractivity contribution in [3.63, 3.8) is 0 Å². The molecule has 3 N–H and O–H groups in total. The number of primary amides is 1. The Kier molecular flexibility index (Phi) is 8.99. The number of rotatable bonds is 7. The molecule has 1 atom stereocenters. The van der Waals surface area contributed by atoms with E-state index in [-0.39, 0.29) is 17.8 Å². The van der Waals surface area contributed by atoms with E-state index in [2.05, 4.69) is 16.9 Å². The zero-order chi connectivity index (χ0) is 30.4. The van der Waals surface area contributed by atoms with E-state index in [0.29, 0.717) is 30.0 Å². The third-order valence-corrected chi connectivity index (χ3v) is 6.79. The Balaban J connectivity index is 0.000000258. The van der Waals surface area contributed by atoms with Crippen molar-refractivity contribution in [3.05, 3.63) is 89.5 Å². The van der Waals surface area contributed by atoms with Crippen LogP contribution in [-0.2, 0) is 35.1 Å². The number of carbonyl (C=O) groups excluding carboxylic acids is 5. The van der Waals surface area contributed by atoms with E-state index in [9.17, 15) is 24.0 Å². The number of aryl methyl sites for hydroxylation is 2. The minimum Gasteiger partial charge on any atom is -0.435 e. The van der Waals surface area contributed by atoms with Gasteiger partial charge in [0.1, 0.15) is 17.3 Å². The van der Waals surface area contributed by atoms with E-state index < -0.39 is 41.4 Å². The van der Waals surface area contributed by atoms with Crippen LogP contribution in [0.15, 0.2) is 71.2 Å². The molecule has 1 spiro atoms. The minimum atomic E-state index is -1.11. The Morgan fingerprint density at radius 3 is 2.24 bits per heavy atom. The van der Waals surface area contributed by atoms with Crippen LogP contribution in [0.4, 0.5) is 0 Å². The predicted molar refractivity (Wildman–Crippen MR) is 150 cm³/mol. The predicted octanol–water partition coefficient (Wildman–Crippen LogP) is 3.27. The van der Waals surface area contributed by atoms with Gasteiger partial charge in [-0.05, 0) is 31.4 Å². The summed E-state index contributed by atoms with van der Waals surface area (Å²) >= 11 is 0. The third kappa shape index (κ3) is 6.98. The highest BCUT2D eigenvalue weighted by molar-refractivity contribution is 6.38. The minimum absolute atomic E-state index is 0.0246. The Morgan fingerprint density at radius 1 is 1.00 bits per heavy atom. The molecule has 1 aliphatic heterocycles. The molecule has 3 aromatic rings. The smallest absolute Gasteiger partial charge is 0.348 e. The molecule has 11 nitrogen and oxygen atoms in total. The van der Waals surface area contributed by atoms with Crippen molar-refractivity contribution in [3.8, 4) is 11.3 Å². The van der Waals surface area contributed by atoms with Crippen LogP contribution in [0, 0.1) is 13.8 Å². The molecule has 2 fully saturated rings. The first-order valence-electron chi connectivity index (χ1n) is 13.4. The number of esters is 2. The lowest BCUT2D eigenvalue weighted by Gasteiger charge is -2.32. The van der Waals surface area contributed by atoms with Crippen LogP contribution >= 0.6 is 0 Å². The first-order chi connectivity index (χ1) is 20.0. The van der Waals surface area contributed by atoms with Gasteiger partial charge in [0.05, 0.1) is 0 Å². The average Bonchev–Trinajstić information content (AvgIpc) is 3.58. The molecule has 1 saturated heterocycles. The largest absolute Gasteiger partial charge is 0.435 e. The van der Waals surface area contributed by atoms with Crippen LogP contribution in [0.3, 0.4) is 0 Å². The number of aromatic nitrogens is 1. The standard InChI is InChI=1S/C22H21N3O4.C9H10O4/c1-13-7-6-10-16(11-13)18-20(29-14(2)24-18)22(28)25-17(19(26)21(23)27)12-15-8-4-3-5-9-15;1-6-7(10)12-9(13-8(6)11)4-2-3-5-9/h3-11,17H,12H2,1-2H3,(H2,23,27)(H,25,28);1-5H2. The average molecular weight is 574 g/mol. The highest BCUT2D eigenvalue weighted by Gasteiger charge is 2.47.